The SMILES string of the molecule is CCCCCCC/C=C/CC/C=C/C(O)C(CO)NC(=O)CC(O)CCCCCCCCCCCCCCCCCCCCC. The number of rotatable bonds is 35. The van der Waals surface area contributed by atoms with Crippen LogP contribution in [-0.4, -0.2) is 46.1 Å². The predicted octanol–water partition coefficient (Wildman–Crippen LogP) is 10.7. The molecule has 0 fully saturated rings. The van der Waals surface area contributed by atoms with Gasteiger partial charge in [0, 0.05) is 0 Å². The van der Waals surface area contributed by atoms with E-state index < -0.39 is 18.2 Å². The van der Waals surface area contributed by atoms with Gasteiger partial charge in [-0.05, 0) is 32.1 Å². The van der Waals surface area contributed by atoms with Crippen molar-refractivity contribution in [3.05, 3.63) is 24.3 Å². The van der Waals surface area contributed by atoms with Crippen molar-refractivity contribution in [1.29, 1.82) is 0 Å². The van der Waals surface area contributed by atoms with Crippen molar-refractivity contribution in [3.8, 4) is 0 Å². The summed E-state index contributed by atoms with van der Waals surface area (Å²) in [6, 6.07) is -0.755. The van der Waals surface area contributed by atoms with E-state index in [1.807, 2.05) is 6.08 Å². The fraction of sp³-hybridized carbons (Fsp3) is 0.875. The monoisotopic (exact) mass is 636 g/mol. The van der Waals surface area contributed by atoms with Crippen molar-refractivity contribution in [1.82, 2.24) is 5.32 Å². The maximum atomic E-state index is 12.4. The first-order chi connectivity index (χ1) is 22.0. The van der Waals surface area contributed by atoms with Crippen LogP contribution in [0.1, 0.15) is 200 Å². The number of aliphatic hydroxyl groups excluding tert-OH is 3. The topological polar surface area (TPSA) is 89.8 Å². The van der Waals surface area contributed by atoms with Gasteiger partial charge in [-0.15, -0.1) is 0 Å². The summed E-state index contributed by atoms with van der Waals surface area (Å²) in [5.74, 6) is -0.325. The molecule has 0 aliphatic carbocycles. The van der Waals surface area contributed by atoms with Gasteiger partial charge in [-0.25, -0.2) is 0 Å². The van der Waals surface area contributed by atoms with Crippen LogP contribution in [-0.2, 0) is 4.79 Å². The molecule has 5 heteroatoms. The summed E-state index contributed by atoms with van der Waals surface area (Å²) in [7, 11) is 0. The molecule has 45 heavy (non-hydrogen) atoms. The van der Waals surface area contributed by atoms with E-state index in [4.69, 9.17) is 0 Å². The molecule has 4 N–H and O–H groups in total. The third-order valence-electron chi connectivity index (χ3n) is 8.99. The number of allylic oxidation sites excluding steroid dienone is 3. The second kappa shape index (κ2) is 35.7. The molecule has 0 aliphatic heterocycles. The first-order valence-electron chi connectivity index (χ1n) is 19.6. The minimum absolute atomic E-state index is 0.00915. The molecular weight excluding hydrogens is 558 g/mol. The number of carbonyl (C=O) groups is 1. The highest BCUT2D eigenvalue weighted by Gasteiger charge is 2.20. The smallest absolute Gasteiger partial charge is 0.222 e. The zero-order valence-electron chi connectivity index (χ0n) is 30.0. The molecule has 1 amide bonds. The lowest BCUT2D eigenvalue weighted by atomic mass is 10.0. The van der Waals surface area contributed by atoms with E-state index in [0.29, 0.717) is 6.42 Å². The Balaban J connectivity index is 3.67. The fourth-order valence-corrected chi connectivity index (χ4v) is 5.94. The largest absolute Gasteiger partial charge is 0.394 e. The Hall–Kier alpha value is -1.17. The van der Waals surface area contributed by atoms with E-state index in [0.717, 1.165) is 32.1 Å². The lowest BCUT2D eigenvalue weighted by Gasteiger charge is -2.21. The molecule has 0 aliphatic rings. The van der Waals surface area contributed by atoms with E-state index in [1.54, 1.807) is 6.08 Å². The van der Waals surface area contributed by atoms with E-state index in [2.05, 4.69) is 31.3 Å². The number of nitrogens with one attached hydrogen (secondary N) is 1. The Bertz CT molecular complexity index is 665. The molecule has 0 heterocycles. The standard InChI is InChI=1S/C40H77NO4/c1-3-5-7-9-11-13-15-16-17-18-19-20-21-22-24-25-27-29-31-33-37(43)35-40(45)41-38(36-42)39(44)34-32-30-28-26-23-14-12-10-8-6-4-2/h23,26,32,34,37-39,42-44H,3-22,24-25,27-31,33,35-36H2,1-2H3,(H,41,45)/b26-23+,34-32+. The normalized spacial score (nSPS) is 14.0. The average molecular weight is 636 g/mol. The number of carbonyl (C=O) groups excluding carboxylic acids is 1. The first kappa shape index (κ1) is 43.8. The Labute approximate surface area is 280 Å². The summed E-state index contributed by atoms with van der Waals surface area (Å²) >= 11 is 0. The maximum Gasteiger partial charge on any atom is 0.222 e. The molecule has 0 bridgehead atoms. The molecule has 266 valence electrons. The molecule has 3 unspecified atom stereocenters. The maximum absolute atomic E-state index is 12.4. The zero-order chi connectivity index (χ0) is 33.1. The highest BCUT2D eigenvalue weighted by atomic mass is 16.3. The number of hydrogen-bond acceptors (Lipinski definition) is 4. The molecule has 0 saturated heterocycles. The molecule has 0 aromatic rings. The summed E-state index contributed by atoms with van der Waals surface area (Å²) in [5, 5.41) is 33.0. The van der Waals surface area contributed by atoms with Crippen molar-refractivity contribution >= 4 is 5.91 Å². The van der Waals surface area contributed by atoms with Crippen molar-refractivity contribution in [2.75, 3.05) is 6.61 Å². The van der Waals surface area contributed by atoms with Gasteiger partial charge in [-0.3, -0.25) is 4.79 Å². The summed E-state index contributed by atoms with van der Waals surface area (Å²) in [5.41, 5.74) is 0. The van der Waals surface area contributed by atoms with E-state index in [1.165, 1.54) is 141 Å². The number of unbranched alkanes of at least 4 members (excludes halogenated alkanes) is 24. The van der Waals surface area contributed by atoms with Crippen LogP contribution in [0.25, 0.3) is 0 Å². The van der Waals surface area contributed by atoms with Gasteiger partial charge in [0.15, 0.2) is 0 Å². The van der Waals surface area contributed by atoms with Crippen molar-refractivity contribution < 1.29 is 20.1 Å². The second-order valence-corrected chi connectivity index (χ2v) is 13.5. The van der Waals surface area contributed by atoms with E-state index in [-0.39, 0.29) is 18.9 Å². The van der Waals surface area contributed by atoms with Gasteiger partial charge in [0.25, 0.3) is 0 Å². The van der Waals surface area contributed by atoms with E-state index in [9.17, 15) is 20.1 Å². The molecule has 3 atom stereocenters. The second-order valence-electron chi connectivity index (χ2n) is 13.5. The van der Waals surface area contributed by atoms with Crippen LogP contribution in [0.15, 0.2) is 24.3 Å². The van der Waals surface area contributed by atoms with Crippen LogP contribution in [0.4, 0.5) is 0 Å². The summed E-state index contributed by atoms with van der Waals surface area (Å²) in [6.45, 7) is 4.17. The first-order valence-corrected chi connectivity index (χ1v) is 19.6. The molecule has 0 rings (SSSR count). The Morgan fingerprint density at radius 2 is 0.956 bits per heavy atom. The van der Waals surface area contributed by atoms with Gasteiger partial charge in [0.1, 0.15) is 0 Å². The van der Waals surface area contributed by atoms with Crippen LogP contribution in [0.5, 0.6) is 0 Å². The molecule has 0 aromatic carbocycles. The Kier molecular flexibility index (Phi) is 34.8. The minimum atomic E-state index is -0.946. The zero-order valence-corrected chi connectivity index (χ0v) is 30.0. The molecule has 0 aromatic heterocycles. The van der Waals surface area contributed by atoms with Gasteiger partial charge < -0.3 is 20.6 Å². The average Bonchev–Trinajstić information content (AvgIpc) is 3.03. The number of hydrogen-bond donors (Lipinski definition) is 4. The number of amides is 1. The quantitative estimate of drug-likeness (QED) is 0.0412. The number of aliphatic hydroxyl groups is 3. The molecule has 0 radical (unpaired) electrons. The lowest BCUT2D eigenvalue weighted by Crippen LogP contribution is -2.45. The Morgan fingerprint density at radius 3 is 1.42 bits per heavy atom. The van der Waals surface area contributed by atoms with E-state index >= 15 is 0 Å². The summed E-state index contributed by atoms with van der Waals surface area (Å²) in [4.78, 5) is 12.4. The van der Waals surface area contributed by atoms with Gasteiger partial charge >= 0.3 is 0 Å². The lowest BCUT2D eigenvalue weighted by molar-refractivity contribution is -0.124. The van der Waals surface area contributed by atoms with Gasteiger partial charge in [-0.2, -0.15) is 0 Å². The van der Waals surface area contributed by atoms with Crippen molar-refractivity contribution in [3.63, 3.8) is 0 Å². The highest BCUT2D eigenvalue weighted by Crippen LogP contribution is 2.15. The van der Waals surface area contributed by atoms with Gasteiger partial charge in [0.05, 0.1) is 31.3 Å². The highest BCUT2D eigenvalue weighted by molar-refractivity contribution is 5.76. The van der Waals surface area contributed by atoms with Crippen LogP contribution >= 0.6 is 0 Å². The van der Waals surface area contributed by atoms with Crippen LogP contribution < -0.4 is 5.32 Å². The fourth-order valence-electron chi connectivity index (χ4n) is 5.94. The molecule has 5 nitrogen and oxygen atoms in total. The van der Waals surface area contributed by atoms with Crippen molar-refractivity contribution in [2.24, 2.45) is 0 Å². The van der Waals surface area contributed by atoms with Crippen molar-refractivity contribution in [2.45, 2.75) is 218 Å². The Morgan fingerprint density at radius 1 is 0.556 bits per heavy atom. The third kappa shape index (κ3) is 32.6. The molecule has 0 spiro atoms. The summed E-state index contributed by atoms with van der Waals surface area (Å²) < 4.78 is 0. The minimum Gasteiger partial charge on any atom is -0.394 e. The predicted molar refractivity (Wildman–Crippen MR) is 195 cm³/mol. The van der Waals surface area contributed by atoms with Crippen LogP contribution in [0.2, 0.25) is 0 Å². The summed E-state index contributed by atoms with van der Waals surface area (Å²) in [6.07, 6.45) is 41.7. The van der Waals surface area contributed by atoms with Gasteiger partial charge in [-0.1, -0.05) is 186 Å². The molecular formula is C40H77NO4. The van der Waals surface area contributed by atoms with Crippen LogP contribution in [0.3, 0.4) is 0 Å². The van der Waals surface area contributed by atoms with Crippen LogP contribution in [0, 0.1) is 0 Å². The van der Waals surface area contributed by atoms with Gasteiger partial charge in [0.2, 0.25) is 5.91 Å². The third-order valence-corrected chi connectivity index (χ3v) is 8.99. The molecule has 0 saturated carbocycles.